The summed E-state index contributed by atoms with van der Waals surface area (Å²) in [5, 5.41) is 4.10. The molecule has 29 heavy (non-hydrogen) atoms. The van der Waals surface area contributed by atoms with Crippen molar-refractivity contribution in [3.8, 4) is 5.75 Å². The summed E-state index contributed by atoms with van der Waals surface area (Å²) in [6.45, 7) is 1.70. The molecule has 0 atom stereocenters. The maximum absolute atomic E-state index is 12.7. The fourth-order valence-corrected chi connectivity index (χ4v) is 3.36. The zero-order chi connectivity index (χ0) is 20.5. The van der Waals surface area contributed by atoms with E-state index < -0.39 is 0 Å². The molecule has 5 nitrogen and oxygen atoms in total. The molecule has 1 aromatic heterocycles. The molecule has 1 heterocycles. The van der Waals surface area contributed by atoms with Gasteiger partial charge in [-0.25, -0.2) is 0 Å². The molecule has 0 bridgehead atoms. The van der Waals surface area contributed by atoms with Crippen molar-refractivity contribution in [2.24, 2.45) is 0 Å². The molecule has 4 aromatic rings. The number of hydrogen-bond acceptors (Lipinski definition) is 4. The number of nitrogens with one attached hydrogen (secondary N) is 1. The first-order valence-electron chi connectivity index (χ1n) is 8.75. The molecular weight excluding hydrogens is 458 g/mol. The van der Waals surface area contributed by atoms with E-state index in [4.69, 9.17) is 20.8 Å². The van der Waals surface area contributed by atoms with Crippen LogP contribution >= 0.6 is 27.5 Å². The van der Waals surface area contributed by atoms with E-state index in [0.717, 1.165) is 10.0 Å². The molecule has 1 amide bonds. The van der Waals surface area contributed by atoms with Crippen LogP contribution in [0.1, 0.15) is 5.56 Å². The quantitative estimate of drug-likeness (QED) is 0.388. The summed E-state index contributed by atoms with van der Waals surface area (Å²) < 4.78 is 12.3. The standard InChI is InChI=1S/C22H15BrClNO4/c1-12-8-19-17(10-18(12)24)22(27)16-7-4-14(9-20(16)29-19)25-21(26)11-28-15-5-2-13(23)3-6-15/h2-10H,11H2,1H3,(H,25,26). The number of aryl methyl sites for hydroxylation is 1. The van der Waals surface area contributed by atoms with Crippen LogP contribution in [0.15, 0.2) is 68.3 Å². The highest BCUT2D eigenvalue weighted by molar-refractivity contribution is 9.10. The van der Waals surface area contributed by atoms with Gasteiger partial charge in [0.2, 0.25) is 5.43 Å². The Hall–Kier alpha value is -2.83. The van der Waals surface area contributed by atoms with Gasteiger partial charge in [0.15, 0.2) is 6.61 Å². The zero-order valence-corrected chi connectivity index (χ0v) is 17.6. The van der Waals surface area contributed by atoms with Gasteiger partial charge in [-0.15, -0.1) is 0 Å². The lowest BCUT2D eigenvalue weighted by Crippen LogP contribution is -2.20. The fraction of sp³-hybridized carbons (Fsp3) is 0.0909. The van der Waals surface area contributed by atoms with Gasteiger partial charge in [-0.05, 0) is 61.0 Å². The Bertz CT molecular complexity index is 1300. The van der Waals surface area contributed by atoms with Crippen LogP contribution in [0.25, 0.3) is 21.9 Å². The van der Waals surface area contributed by atoms with Gasteiger partial charge in [-0.3, -0.25) is 9.59 Å². The molecular formula is C22H15BrClNO4. The number of fused-ring (bicyclic) bond motifs is 2. The minimum atomic E-state index is -0.321. The summed E-state index contributed by atoms with van der Waals surface area (Å²) in [4.78, 5) is 24.9. The van der Waals surface area contributed by atoms with Crippen molar-refractivity contribution in [3.63, 3.8) is 0 Å². The predicted molar refractivity (Wildman–Crippen MR) is 118 cm³/mol. The van der Waals surface area contributed by atoms with Crippen molar-refractivity contribution in [3.05, 3.63) is 79.9 Å². The summed E-state index contributed by atoms with van der Waals surface area (Å²) >= 11 is 9.48. The molecule has 0 aliphatic carbocycles. The van der Waals surface area contributed by atoms with Crippen molar-refractivity contribution in [1.29, 1.82) is 0 Å². The van der Waals surface area contributed by atoms with Crippen LogP contribution < -0.4 is 15.5 Å². The summed E-state index contributed by atoms with van der Waals surface area (Å²) in [5.41, 5.74) is 1.99. The molecule has 7 heteroatoms. The van der Waals surface area contributed by atoms with Crippen LogP contribution in [0.4, 0.5) is 5.69 Å². The lowest BCUT2D eigenvalue weighted by atomic mass is 10.1. The van der Waals surface area contributed by atoms with E-state index in [1.54, 1.807) is 42.5 Å². The highest BCUT2D eigenvalue weighted by atomic mass is 79.9. The summed E-state index contributed by atoms with van der Waals surface area (Å²) in [5.74, 6) is 0.270. The van der Waals surface area contributed by atoms with Crippen molar-refractivity contribution < 1.29 is 13.9 Å². The van der Waals surface area contributed by atoms with Crippen LogP contribution in [0.5, 0.6) is 5.75 Å². The summed E-state index contributed by atoms with van der Waals surface area (Å²) in [6, 6.07) is 15.4. The van der Waals surface area contributed by atoms with E-state index in [2.05, 4.69) is 21.2 Å². The van der Waals surface area contributed by atoms with Crippen molar-refractivity contribution >= 4 is 61.1 Å². The Labute approximate surface area is 179 Å². The number of rotatable bonds is 4. The third-order valence-electron chi connectivity index (χ3n) is 4.42. The normalized spacial score (nSPS) is 11.0. The molecule has 146 valence electrons. The Balaban J connectivity index is 1.57. The molecule has 0 unspecified atom stereocenters. The van der Waals surface area contributed by atoms with Crippen LogP contribution in [0.3, 0.4) is 0 Å². The lowest BCUT2D eigenvalue weighted by Gasteiger charge is -2.09. The smallest absolute Gasteiger partial charge is 0.262 e. The molecule has 1 N–H and O–H groups in total. The first-order valence-corrected chi connectivity index (χ1v) is 9.93. The highest BCUT2D eigenvalue weighted by Crippen LogP contribution is 2.26. The molecule has 0 aliphatic heterocycles. The largest absolute Gasteiger partial charge is 0.484 e. The second-order valence-corrected chi connectivity index (χ2v) is 7.85. The minimum absolute atomic E-state index is 0.140. The van der Waals surface area contributed by atoms with Gasteiger partial charge in [0.1, 0.15) is 16.9 Å². The number of ether oxygens (including phenoxy) is 1. The minimum Gasteiger partial charge on any atom is -0.484 e. The van der Waals surface area contributed by atoms with Gasteiger partial charge in [0.25, 0.3) is 5.91 Å². The van der Waals surface area contributed by atoms with E-state index in [1.165, 1.54) is 0 Å². The van der Waals surface area contributed by atoms with Gasteiger partial charge in [-0.2, -0.15) is 0 Å². The Kier molecular flexibility index (Phi) is 5.30. The zero-order valence-electron chi connectivity index (χ0n) is 15.3. The average molecular weight is 473 g/mol. The SMILES string of the molecule is Cc1cc2oc3cc(NC(=O)COc4ccc(Br)cc4)ccc3c(=O)c2cc1Cl. The number of hydrogen-bond donors (Lipinski definition) is 1. The van der Waals surface area contributed by atoms with Gasteiger partial charge >= 0.3 is 0 Å². The third-order valence-corrected chi connectivity index (χ3v) is 5.35. The van der Waals surface area contributed by atoms with Gasteiger partial charge in [0, 0.05) is 21.2 Å². The van der Waals surface area contributed by atoms with Crippen molar-refractivity contribution in [1.82, 2.24) is 0 Å². The van der Waals surface area contributed by atoms with E-state index in [0.29, 0.717) is 38.4 Å². The molecule has 0 spiro atoms. The van der Waals surface area contributed by atoms with E-state index in [-0.39, 0.29) is 17.9 Å². The first kappa shape index (κ1) is 19.5. The predicted octanol–water partition coefficient (Wildman–Crippen LogP) is 5.69. The molecule has 0 radical (unpaired) electrons. The number of amides is 1. The maximum Gasteiger partial charge on any atom is 0.262 e. The number of anilines is 1. The topological polar surface area (TPSA) is 68.5 Å². The molecule has 3 aromatic carbocycles. The number of carbonyl (C=O) groups is 1. The molecule has 4 rings (SSSR count). The molecule has 0 aliphatic rings. The Morgan fingerprint density at radius 1 is 1.07 bits per heavy atom. The van der Waals surface area contributed by atoms with E-state index in [9.17, 15) is 9.59 Å². The Morgan fingerprint density at radius 2 is 1.79 bits per heavy atom. The third kappa shape index (κ3) is 4.13. The van der Waals surface area contributed by atoms with Gasteiger partial charge in [0.05, 0.1) is 10.8 Å². The van der Waals surface area contributed by atoms with Crippen molar-refractivity contribution in [2.45, 2.75) is 6.92 Å². The monoisotopic (exact) mass is 471 g/mol. The maximum atomic E-state index is 12.7. The van der Waals surface area contributed by atoms with Crippen LogP contribution in [0.2, 0.25) is 5.02 Å². The van der Waals surface area contributed by atoms with E-state index >= 15 is 0 Å². The summed E-state index contributed by atoms with van der Waals surface area (Å²) in [7, 11) is 0. The van der Waals surface area contributed by atoms with Gasteiger partial charge in [-0.1, -0.05) is 27.5 Å². The fourth-order valence-electron chi connectivity index (χ4n) is 2.93. The van der Waals surface area contributed by atoms with Crippen LogP contribution in [-0.2, 0) is 4.79 Å². The highest BCUT2D eigenvalue weighted by Gasteiger charge is 2.11. The molecule has 0 saturated carbocycles. The average Bonchev–Trinajstić information content (AvgIpc) is 2.69. The lowest BCUT2D eigenvalue weighted by molar-refractivity contribution is -0.118. The van der Waals surface area contributed by atoms with Crippen LogP contribution in [0, 0.1) is 6.92 Å². The van der Waals surface area contributed by atoms with E-state index in [1.807, 2.05) is 19.1 Å². The first-order chi connectivity index (χ1) is 13.9. The number of benzene rings is 3. The Morgan fingerprint density at radius 3 is 2.55 bits per heavy atom. The van der Waals surface area contributed by atoms with Gasteiger partial charge < -0.3 is 14.5 Å². The summed E-state index contributed by atoms with van der Waals surface area (Å²) in [6.07, 6.45) is 0. The van der Waals surface area contributed by atoms with Crippen LogP contribution in [-0.4, -0.2) is 12.5 Å². The molecule has 0 saturated heterocycles. The van der Waals surface area contributed by atoms with Crippen molar-refractivity contribution in [2.75, 3.05) is 11.9 Å². The second-order valence-electron chi connectivity index (χ2n) is 6.53. The second kappa shape index (κ2) is 7.89. The number of halogens is 2. The number of carbonyl (C=O) groups excluding carboxylic acids is 1. The molecule has 0 fully saturated rings.